The lowest BCUT2D eigenvalue weighted by molar-refractivity contribution is 0.173. The van der Waals surface area contributed by atoms with Crippen LogP contribution in [0.4, 0.5) is 0 Å². The molecule has 0 amide bonds. The molecule has 0 spiro atoms. The van der Waals surface area contributed by atoms with Crippen LogP contribution in [0.15, 0.2) is 42.5 Å². The summed E-state index contributed by atoms with van der Waals surface area (Å²) in [7, 11) is 0. The van der Waals surface area contributed by atoms with Gasteiger partial charge in [0.15, 0.2) is 0 Å². The maximum Gasteiger partial charge on any atom is 0.120 e. The molecule has 3 heteroatoms. The van der Waals surface area contributed by atoms with E-state index < -0.39 is 0 Å². The summed E-state index contributed by atoms with van der Waals surface area (Å²) in [6.07, 6.45) is 0.382. The second kappa shape index (κ2) is 8.14. The Morgan fingerprint density at radius 3 is 2.35 bits per heavy atom. The van der Waals surface area contributed by atoms with Crippen molar-refractivity contribution in [1.82, 2.24) is 5.32 Å². The molecule has 3 N–H and O–H groups in total. The Kier molecular flexibility index (Phi) is 6.20. The van der Waals surface area contributed by atoms with E-state index in [1.165, 1.54) is 11.1 Å². The smallest absolute Gasteiger partial charge is 0.120 e. The van der Waals surface area contributed by atoms with Crippen molar-refractivity contribution in [1.29, 1.82) is 0 Å². The number of nitrogens with one attached hydrogen (secondary N) is 1. The van der Waals surface area contributed by atoms with Crippen LogP contribution in [0.1, 0.15) is 41.5 Å². The predicted molar refractivity (Wildman–Crippen MR) is 94.8 cm³/mol. The third-order valence-corrected chi connectivity index (χ3v) is 4.30. The lowest BCUT2D eigenvalue weighted by Gasteiger charge is -2.20. The lowest BCUT2D eigenvalue weighted by Crippen LogP contribution is -2.24. The van der Waals surface area contributed by atoms with E-state index in [0.717, 1.165) is 24.1 Å². The van der Waals surface area contributed by atoms with Gasteiger partial charge in [-0.25, -0.2) is 0 Å². The number of phenols is 1. The maximum absolute atomic E-state index is 10.1. The molecule has 2 rings (SSSR count). The van der Waals surface area contributed by atoms with Crippen molar-refractivity contribution in [3.05, 3.63) is 64.7 Å². The molecule has 23 heavy (non-hydrogen) atoms. The third-order valence-electron chi connectivity index (χ3n) is 4.30. The maximum atomic E-state index is 10.1. The molecule has 0 saturated heterocycles. The Morgan fingerprint density at radius 2 is 1.70 bits per heavy atom. The van der Waals surface area contributed by atoms with E-state index in [1.807, 2.05) is 44.2 Å². The van der Waals surface area contributed by atoms with E-state index in [9.17, 15) is 10.2 Å². The summed E-state index contributed by atoms with van der Waals surface area (Å²) in [5, 5.41) is 23.2. The highest BCUT2D eigenvalue weighted by atomic mass is 16.3. The van der Waals surface area contributed by atoms with Crippen LogP contribution in [-0.4, -0.2) is 22.9 Å². The molecule has 3 nitrogen and oxygen atoms in total. The highest BCUT2D eigenvalue weighted by Gasteiger charge is 2.14. The third kappa shape index (κ3) is 5.08. The van der Waals surface area contributed by atoms with Gasteiger partial charge in [0.1, 0.15) is 5.75 Å². The van der Waals surface area contributed by atoms with Crippen molar-refractivity contribution in [3.8, 4) is 5.75 Å². The van der Waals surface area contributed by atoms with Crippen molar-refractivity contribution in [2.45, 2.75) is 45.8 Å². The van der Waals surface area contributed by atoms with Crippen LogP contribution in [0.3, 0.4) is 0 Å². The summed E-state index contributed by atoms with van der Waals surface area (Å²) in [6.45, 7) is 7.27. The SMILES string of the molecule is Cc1cc(O)c(CNCC(CC(C)O)c2ccccc2)cc1C. The quantitative estimate of drug-likeness (QED) is 0.731. The minimum atomic E-state index is -0.336. The van der Waals surface area contributed by atoms with Crippen LogP contribution >= 0.6 is 0 Å². The zero-order chi connectivity index (χ0) is 16.8. The lowest BCUT2D eigenvalue weighted by atomic mass is 9.93. The Balaban J connectivity index is 2.00. The molecular formula is C20H27NO2. The van der Waals surface area contributed by atoms with Crippen LogP contribution in [0.2, 0.25) is 0 Å². The van der Waals surface area contributed by atoms with E-state index in [0.29, 0.717) is 12.3 Å². The fourth-order valence-electron chi connectivity index (χ4n) is 2.86. The van der Waals surface area contributed by atoms with Gasteiger partial charge in [-0.1, -0.05) is 36.4 Å². The number of benzene rings is 2. The molecule has 0 aliphatic carbocycles. The second-order valence-corrected chi connectivity index (χ2v) is 6.39. The molecule has 0 bridgehead atoms. The number of aliphatic hydroxyl groups is 1. The van der Waals surface area contributed by atoms with Gasteiger partial charge in [0.25, 0.3) is 0 Å². The molecule has 0 radical (unpaired) electrons. The van der Waals surface area contributed by atoms with E-state index in [4.69, 9.17) is 0 Å². The number of aryl methyl sites for hydroxylation is 2. The summed E-state index contributed by atoms with van der Waals surface area (Å²) in [6, 6.07) is 14.1. The molecule has 2 aromatic carbocycles. The average Bonchev–Trinajstić information content (AvgIpc) is 2.51. The Morgan fingerprint density at radius 1 is 1.04 bits per heavy atom. The first-order chi connectivity index (χ1) is 11.0. The molecule has 2 unspecified atom stereocenters. The van der Waals surface area contributed by atoms with Crippen LogP contribution in [0.25, 0.3) is 0 Å². The standard InChI is InChI=1S/C20H27NO2/c1-14-9-19(20(23)10-15(14)2)13-21-12-18(11-16(3)22)17-7-5-4-6-8-17/h4-10,16,18,21-23H,11-13H2,1-3H3. The molecule has 0 saturated carbocycles. The van der Waals surface area contributed by atoms with Crippen molar-refractivity contribution >= 4 is 0 Å². The predicted octanol–water partition coefficient (Wildman–Crippen LogP) is 3.65. The highest BCUT2D eigenvalue weighted by Crippen LogP contribution is 2.23. The minimum Gasteiger partial charge on any atom is -0.508 e. The van der Waals surface area contributed by atoms with Gasteiger partial charge in [-0.3, -0.25) is 0 Å². The number of hydrogen-bond donors (Lipinski definition) is 3. The molecule has 0 aromatic heterocycles. The van der Waals surface area contributed by atoms with Gasteiger partial charge < -0.3 is 15.5 Å². The van der Waals surface area contributed by atoms with Gasteiger partial charge >= 0.3 is 0 Å². The first-order valence-electron chi connectivity index (χ1n) is 8.20. The number of phenolic OH excluding ortho intramolecular Hbond substituents is 1. The molecule has 0 heterocycles. The van der Waals surface area contributed by atoms with Crippen LogP contribution in [-0.2, 0) is 6.54 Å². The monoisotopic (exact) mass is 313 g/mol. The molecule has 0 fully saturated rings. The average molecular weight is 313 g/mol. The van der Waals surface area contributed by atoms with E-state index in [1.54, 1.807) is 0 Å². The van der Waals surface area contributed by atoms with E-state index in [-0.39, 0.29) is 12.0 Å². The minimum absolute atomic E-state index is 0.255. The van der Waals surface area contributed by atoms with Crippen molar-refractivity contribution in [2.75, 3.05) is 6.54 Å². The molecule has 2 atom stereocenters. The van der Waals surface area contributed by atoms with Crippen molar-refractivity contribution < 1.29 is 10.2 Å². The molecule has 0 aliphatic rings. The zero-order valence-electron chi connectivity index (χ0n) is 14.2. The van der Waals surface area contributed by atoms with Gasteiger partial charge in [0.05, 0.1) is 6.10 Å². The number of rotatable bonds is 7. The van der Waals surface area contributed by atoms with Gasteiger partial charge in [0.2, 0.25) is 0 Å². The highest BCUT2D eigenvalue weighted by molar-refractivity contribution is 5.40. The molecular weight excluding hydrogens is 286 g/mol. The fraction of sp³-hybridized carbons (Fsp3) is 0.400. The molecule has 124 valence electrons. The molecule has 2 aromatic rings. The van der Waals surface area contributed by atoms with E-state index in [2.05, 4.69) is 24.4 Å². The fourth-order valence-corrected chi connectivity index (χ4v) is 2.86. The number of aromatic hydroxyl groups is 1. The van der Waals surface area contributed by atoms with Gasteiger partial charge in [-0.15, -0.1) is 0 Å². The topological polar surface area (TPSA) is 52.5 Å². The van der Waals surface area contributed by atoms with Crippen LogP contribution in [0.5, 0.6) is 5.75 Å². The Bertz CT molecular complexity index is 623. The van der Waals surface area contributed by atoms with Gasteiger partial charge in [-0.05, 0) is 55.9 Å². The Hall–Kier alpha value is -1.84. The van der Waals surface area contributed by atoms with Crippen LogP contribution in [0, 0.1) is 13.8 Å². The zero-order valence-corrected chi connectivity index (χ0v) is 14.2. The van der Waals surface area contributed by atoms with E-state index >= 15 is 0 Å². The summed E-state index contributed by atoms with van der Waals surface area (Å²) >= 11 is 0. The summed E-state index contributed by atoms with van der Waals surface area (Å²) in [5.41, 5.74) is 4.42. The van der Waals surface area contributed by atoms with Gasteiger partial charge in [-0.2, -0.15) is 0 Å². The largest absolute Gasteiger partial charge is 0.508 e. The van der Waals surface area contributed by atoms with Crippen molar-refractivity contribution in [3.63, 3.8) is 0 Å². The van der Waals surface area contributed by atoms with Crippen molar-refractivity contribution in [2.24, 2.45) is 0 Å². The summed E-state index contributed by atoms with van der Waals surface area (Å²) < 4.78 is 0. The summed E-state index contributed by atoms with van der Waals surface area (Å²) in [5.74, 6) is 0.595. The van der Waals surface area contributed by atoms with Gasteiger partial charge in [0, 0.05) is 18.7 Å². The summed E-state index contributed by atoms with van der Waals surface area (Å²) in [4.78, 5) is 0. The number of hydrogen-bond acceptors (Lipinski definition) is 3. The second-order valence-electron chi connectivity index (χ2n) is 6.39. The van der Waals surface area contributed by atoms with Crippen LogP contribution < -0.4 is 5.32 Å². The molecule has 0 aliphatic heterocycles. The normalized spacial score (nSPS) is 13.7. The first-order valence-corrected chi connectivity index (χ1v) is 8.20. The first kappa shape index (κ1) is 17.5. The Labute approximate surface area is 139 Å². The number of aliphatic hydroxyl groups excluding tert-OH is 1.